The Morgan fingerprint density at radius 3 is 2.93 bits per heavy atom. The number of hydrogen-bond donors (Lipinski definition) is 1. The van der Waals surface area contributed by atoms with Crippen LogP contribution in [0.4, 0.5) is 0 Å². The van der Waals surface area contributed by atoms with Crippen LogP contribution in [0.5, 0.6) is 0 Å². The van der Waals surface area contributed by atoms with E-state index in [4.69, 9.17) is 2.74 Å². The van der Waals surface area contributed by atoms with Gasteiger partial charge in [-0.3, -0.25) is 9.78 Å². The van der Waals surface area contributed by atoms with Gasteiger partial charge in [0.2, 0.25) is 5.91 Å². The molecule has 2 aromatic heterocycles. The second-order valence-electron chi connectivity index (χ2n) is 6.90. The van der Waals surface area contributed by atoms with Crippen LogP contribution in [0.25, 0.3) is 10.9 Å². The molecule has 142 valence electrons. The van der Waals surface area contributed by atoms with Crippen LogP contribution in [-0.2, 0) is 17.7 Å². The van der Waals surface area contributed by atoms with Gasteiger partial charge in [-0.05, 0) is 61.4 Å². The van der Waals surface area contributed by atoms with E-state index in [1.807, 2.05) is 0 Å². The largest absolute Gasteiger partial charge is 0.356 e. The fraction of sp³-hybridized carbons (Fsp3) is 0.391. The molecule has 0 saturated carbocycles. The van der Waals surface area contributed by atoms with Gasteiger partial charge in [0.05, 0.1) is 0 Å². The van der Waals surface area contributed by atoms with E-state index >= 15 is 0 Å². The molecule has 27 heavy (non-hydrogen) atoms. The Bertz CT molecular complexity index is 926. The number of rotatable bonds is 10. The van der Waals surface area contributed by atoms with Crippen molar-refractivity contribution in [3.05, 3.63) is 66.1 Å². The summed E-state index contributed by atoms with van der Waals surface area (Å²) >= 11 is 0. The van der Waals surface area contributed by atoms with Crippen molar-refractivity contribution in [1.82, 2.24) is 14.9 Å². The maximum absolute atomic E-state index is 12.1. The van der Waals surface area contributed by atoms with E-state index < -0.39 is 12.8 Å². The molecule has 1 aromatic carbocycles. The maximum Gasteiger partial charge on any atom is 0.220 e. The summed E-state index contributed by atoms with van der Waals surface area (Å²) in [6, 6.07) is 12.2. The zero-order valence-corrected chi connectivity index (χ0v) is 15.9. The zero-order valence-electron chi connectivity index (χ0n) is 17.9. The lowest BCUT2D eigenvalue weighted by atomic mass is 10.1. The average Bonchev–Trinajstić information content (AvgIpc) is 3.14. The highest BCUT2D eigenvalue weighted by molar-refractivity contribution is 5.80. The van der Waals surface area contributed by atoms with Gasteiger partial charge in [0.25, 0.3) is 0 Å². The topological polar surface area (TPSA) is 46.9 Å². The smallest absolute Gasteiger partial charge is 0.220 e. The summed E-state index contributed by atoms with van der Waals surface area (Å²) in [5, 5.41) is 4.08. The minimum absolute atomic E-state index is 0.386. The molecule has 0 unspecified atom stereocenters. The van der Waals surface area contributed by atoms with E-state index in [1.54, 1.807) is 24.5 Å². The summed E-state index contributed by atoms with van der Waals surface area (Å²) in [4.78, 5) is 16.1. The monoisotopic (exact) mass is 365 g/mol. The standard InChI is InChI=1S/C23H29N3O/c1-19-8-10-22-21(17-19)12-16-26(22)15-5-3-2-4-14-25-23(27)11-9-20-7-6-13-24-18-20/h6-8,10,12-13,16-18H,2-5,9,11,14-15H2,1H3,(H,25,27)/i9D,11D/t9-,11+/m1/s1. The second kappa shape index (κ2) is 9.91. The van der Waals surface area contributed by atoms with Gasteiger partial charge in [0, 0.05) is 46.3 Å². The predicted molar refractivity (Wildman–Crippen MR) is 111 cm³/mol. The SMILES string of the molecule is [2H][C@H](C(=O)NCCCCCCn1ccc2cc(C)ccc21)[C@@H]([2H])c1cccnc1. The Hall–Kier alpha value is -2.62. The van der Waals surface area contributed by atoms with Gasteiger partial charge in [-0.15, -0.1) is 0 Å². The van der Waals surface area contributed by atoms with Gasteiger partial charge in [-0.25, -0.2) is 0 Å². The number of aromatic nitrogens is 2. The lowest BCUT2D eigenvalue weighted by molar-refractivity contribution is -0.121. The van der Waals surface area contributed by atoms with Crippen molar-refractivity contribution >= 4 is 16.8 Å². The van der Waals surface area contributed by atoms with Crippen LogP contribution in [0.3, 0.4) is 0 Å². The Morgan fingerprint density at radius 2 is 2.07 bits per heavy atom. The Labute approximate surface area is 164 Å². The Kier molecular flexibility index (Phi) is 6.07. The first kappa shape index (κ1) is 16.5. The second-order valence-corrected chi connectivity index (χ2v) is 6.90. The summed E-state index contributed by atoms with van der Waals surface area (Å²) in [7, 11) is 0. The van der Waals surface area contributed by atoms with E-state index in [9.17, 15) is 4.79 Å². The molecule has 4 nitrogen and oxygen atoms in total. The number of pyridine rings is 1. The van der Waals surface area contributed by atoms with Crippen molar-refractivity contribution in [2.75, 3.05) is 6.54 Å². The van der Waals surface area contributed by atoms with Crippen LogP contribution in [-0.4, -0.2) is 22.0 Å². The van der Waals surface area contributed by atoms with E-state index in [2.05, 4.69) is 52.3 Å². The van der Waals surface area contributed by atoms with E-state index in [-0.39, 0.29) is 5.91 Å². The molecule has 2 heterocycles. The molecular weight excluding hydrogens is 334 g/mol. The summed E-state index contributed by atoms with van der Waals surface area (Å²) in [6.07, 6.45) is 7.39. The number of unbranched alkanes of at least 4 members (excludes halogenated alkanes) is 3. The highest BCUT2D eigenvalue weighted by Gasteiger charge is 2.03. The van der Waals surface area contributed by atoms with Gasteiger partial charge < -0.3 is 9.88 Å². The minimum Gasteiger partial charge on any atom is -0.356 e. The molecule has 3 rings (SSSR count). The van der Waals surface area contributed by atoms with Crippen LogP contribution < -0.4 is 5.32 Å². The van der Waals surface area contributed by atoms with Crippen LogP contribution in [0, 0.1) is 6.92 Å². The molecule has 1 amide bonds. The molecule has 2 atom stereocenters. The number of carbonyl (C=O) groups excluding carboxylic acids is 1. The number of fused-ring (bicyclic) bond motifs is 1. The number of amides is 1. The normalized spacial score (nSPS) is 14.4. The first-order valence-corrected chi connectivity index (χ1v) is 9.64. The van der Waals surface area contributed by atoms with E-state index in [0.29, 0.717) is 12.1 Å². The molecule has 1 N–H and O–H groups in total. The first-order chi connectivity index (χ1) is 14.1. The molecule has 0 aliphatic carbocycles. The van der Waals surface area contributed by atoms with Crippen LogP contribution in [0.15, 0.2) is 55.0 Å². The molecule has 0 radical (unpaired) electrons. The van der Waals surface area contributed by atoms with E-state index in [0.717, 1.165) is 32.2 Å². The molecule has 3 aromatic rings. The number of nitrogens with zero attached hydrogens (tertiary/aromatic N) is 2. The predicted octanol–water partition coefficient (Wildman–Crippen LogP) is 4.65. The third kappa shape index (κ3) is 5.95. The van der Waals surface area contributed by atoms with Crippen molar-refractivity contribution in [1.29, 1.82) is 0 Å². The summed E-state index contributed by atoms with van der Waals surface area (Å²) < 4.78 is 18.4. The number of benzene rings is 1. The van der Waals surface area contributed by atoms with Crippen molar-refractivity contribution in [2.45, 2.75) is 51.9 Å². The highest BCUT2D eigenvalue weighted by atomic mass is 16.1. The fourth-order valence-corrected chi connectivity index (χ4v) is 3.19. The van der Waals surface area contributed by atoms with Crippen molar-refractivity contribution < 1.29 is 7.54 Å². The number of aryl methyl sites for hydroxylation is 3. The molecular formula is C23H29N3O. The van der Waals surface area contributed by atoms with Gasteiger partial charge in [0.15, 0.2) is 0 Å². The van der Waals surface area contributed by atoms with Crippen LogP contribution in [0.1, 0.15) is 45.9 Å². The molecule has 0 aliphatic rings. The number of carbonyl (C=O) groups is 1. The zero-order chi connectivity index (χ0) is 20.6. The molecule has 0 spiro atoms. The fourth-order valence-electron chi connectivity index (χ4n) is 3.19. The van der Waals surface area contributed by atoms with Crippen molar-refractivity contribution in [3.63, 3.8) is 0 Å². The molecule has 4 heteroatoms. The average molecular weight is 366 g/mol. The summed E-state index contributed by atoms with van der Waals surface area (Å²) in [6.45, 7) is 3.67. The van der Waals surface area contributed by atoms with Gasteiger partial charge >= 0.3 is 0 Å². The van der Waals surface area contributed by atoms with Crippen LogP contribution in [0.2, 0.25) is 0 Å². The van der Waals surface area contributed by atoms with Crippen molar-refractivity contribution in [3.8, 4) is 0 Å². The summed E-state index contributed by atoms with van der Waals surface area (Å²) in [5.41, 5.74) is 3.16. The lowest BCUT2D eigenvalue weighted by Crippen LogP contribution is -2.24. The van der Waals surface area contributed by atoms with Gasteiger partial charge in [-0.2, -0.15) is 0 Å². The number of hydrogen-bond acceptors (Lipinski definition) is 2. The van der Waals surface area contributed by atoms with Crippen LogP contribution >= 0.6 is 0 Å². The van der Waals surface area contributed by atoms with Gasteiger partial charge in [0.1, 0.15) is 0 Å². The molecule has 0 saturated heterocycles. The van der Waals surface area contributed by atoms with Crippen molar-refractivity contribution in [2.24, 2.45) is 0 Å². The molecule has 0 fully saturated rings. The Morgan fingerprint density at radius 1 is 1.19 bits per heavy atom. The third-order valence-electron chi connectivity index (χ3n) is 4.66. The summed E-state index contributed by atoms with van der Waals surface area (Å²) in [5.74, 6) is -0.386. The van der Waals surface area contributed by atoms with Gasteiger partial charge in [-0.1, -0.05) is 30.5 Å². The molecule has 0 aliphatic heterocycles. The maximum atomic E-state index is 12.1. The third-order valence-corrected chi connectivity index (χ3v) is 4.66. The van der Waals surface area contributed by atoms with E-state index in [1.165, 1.54) is 16.5 Å². The first-order valence-electron chi connectivity index (χ1n) is 10.8. The minimum atomic E-state index is -1.13. The quantitative estimate of drug-likeness (QED) is 0.531. The molecule has 0 bridgehead atoms. The number of nitrogens with one attached hydrogen (secondary N) is 1. The highest BCUT2D eigenvalue weighted by Crippen LogP contribution is 2.18. The Balaban J connectivity index is 1.32. The lowest BCUT2D eigenvalue weighted by Gasteiger charge is -2.07.